The fourth-order valence-corrected chi connectivity index (χ4v) is 2.99. The number of carbonyl (C=O) groups is 1. The van der Waals surface area contributed by atoms with E-state index in [1.165, 1.54) is 0 Å². The number of piperidine rings is 1. The summed E-state index contributed by atoms with van der Waals surface area (Å²) in [5.41, 5.74) is 6.30. The predicted molar refractivity (Wildman–Crippen MR) is 83.5 cm³/mol. The molecule has 110 valence electrons. The molecule has 1 aromatic carbocycles. The zero-order valence-electron chi connectivity index (χ0n) is 11.4. The van der Waals surface area contributed by atoms with Crippen molar-refractivity contribution in [3.05, 3.63) is 28.2 Å². The lowest BCUT2D eigenvalue weighted by molar-refractivity contribution is 0.128. The second-order valence-electron chi connectivity index (χ2n) is 5.13. The first-order valence-electron chi connectivity index (χ1n) is 6.77. The largest absolute Gasteiger partial charge is 0.328 e. The Morgan fingerprint density at radius 1 is 1.45 bits per heavy atom. The van der Waals surface area contributed by atoms with Gasteiger partial charge in [0.15, 0.2) is 0 Å². The zero-order chi connectivity index (χ0) is 14.7. The third kappa shape index (κ3) is 3.37. The Morgan fingerprint density at radius 2 is 2.20 bits per heavy atom. The van der Waals surface area contributed by atoms with Crippen LogP contribution in [-0.4, -0.2) is 29.6 Å². The van der Waals surface area contributed by atoms with Crippen LogP contribution in [0.15, 0.2) is 18.2 Å². The minimum Gasteiger partial charge on any atom is -0.328 e. The van der Waals surface area contributed by atoms with Crippen LogP contribution in [0.25, 0.3) is 0 Å². The maximum Gasteiger partial charge on any atom is 0.322 e. The van der Waals surface area contributed by atoms with Gasteiger partial charge in [0, 0.05) is 23.7 Å². The van der Waals surface area contributed by atoms with Crippen molar-refractivity contribution < 1.29 is 4.79 Å². The van der Waals surface area contributed by atoms with E-state index in [2.05, 4.69) is 5.32 Å². The molecule has 2 amide bonds. The van der Waals surface area contributed by atoms with Crippen molar-refractivity contribution in [1.82, 2.24) is 4.90 Å². The summed E-state index contributed by atoms with van der Waals surface area (Å²) in [5, 5.41) is 3.83. The molecule has 1 saturated heterocycles. The van der Waals surface area contributed by atoms with E-state index in [1.54, 1.807) is 18.2 Å². The van der Waals surface area contributed by atoms with Crippen molar-refractivity contribution in [2.75, 3.05) is 11.9 Å². The maximum absolute atomic E-state index is 12.5. The second kappa shape index (κ2) is 6.66. The Morgan fingerprint density at radius 3 is 2.90 bits per heavy atom. The molecule has 2 rings (SSSR count). The first-order chi connectivity index (χ1) is 9.52. The monoisotopic (exact) mass is 315 g/mol. The molecular weight excluding hydrogens is 297 g/mol. The Hall–Kier alpha value is -0.970. The van der Waals surface area contributed by atoms with E-state index in [4.69, 9.17) is 28.9 Å². The molecule has 0 saturated carbocycles. The number of likely N-dealkylation sites (tertiary alicyclic amines) is 1. The van der Waals surface area contributed by atoms with E-state index in [9.17, 15) is 4.79 Å². The fraction of sp³-hybridized carbons (Fsp3) is 0.500. The highest BCUT2D eigenvalue weighted by Gasteiger charge is 2.31. The minimum atomic E-state index is -0.170. The smallest absolute Gasteiger partial charge is 0.322 e. The number of anilines is 1. The molecule has 1 aliphatic rings. The Labute approximate surface area is 129 Å². The van der Waals surface area contributed by atoms with E-state index in [-0.39, 0.29) is 18.1 Å². The number of nitrogens with two attached hydrogens (primary N) is 1. The summed E-state index contributed by atoms with van der Waals surface area (Å²) in [6.45, 7) is 2.52. The predicted octanol–water partition coefficient (Wildman–Crippen LogP) is 3.73. The topological polar surface area (TPSA) is 58.4 Å². The number of hydrogen-bond donors (Lipinski definition) is 2. The standard InChI is InChI=1S/C14H19Cl2N3O/c1-9-3-2-4-11(8-17)19(9)14(20)18-13-7-10(15)5-6-12(13)16/h5-7,9,11H,2-4,8,17H2,1H3,(H,18,20). The van der Waals surface area contributed by atoms with E-state index >= 15 is 0 Å². The third-order valence-corrected chi connectivity index (χ3v) is 4.27. The molecule has 4 nitrogen and oxygen atoms in total. The summed E-state index contributed by atoms with van der Waals surface area (Å²) < 4.78 is 0. The number of nitrogens with one attached hydrogen (secondary N) is 1. The van der Waals surface area contributed by atoms with Crippen molar-refractivity contribution in [3.8, 4) is 0 Å². The summed E-state index contributed by atoms with van der Waals surface area (Å²) in [5.74, 6) is 0. The van der Waals surface area contributed by atoms with Crippen LogP contribution in [0, 0.1) is 0 Å². The van der Waals surface area contributed by atoms with Crippen molar-refractivity contribution in [2.24, 2.45) is 5.73 Å². The highest BCUT2D eigenvalue weighted by molar-refractivity contribution is 6.35. The number of urea groups is 1. The van der Waals surface area contributed by atoms with Crippen LogP contribution >= 0.6 is 23.2 Å². The van der Waals surface area contributed by atoms with Gasteiger partial charge >= 0.3 is 6.03 Å². The molecule has 20 heavy (non-hydrogen) atoms. The Bertz CT molecular complexity index is 495. The summed E-state index contributed by atoms with van der Waals surface area (Å²) in [6, 6.07) is 5.09. The molecule has 3 N–H and O–H groups in total. The normalized spacial score (nSPS) is 22.7. The first-order valence-corrected chi connectivity index (χ1v) is 7.53. The molecule has 1 aliphatic heterocycles. The van der Waals surface area contributed by atoms with Gasteiger partial charge in [-0.15, -0.1) is 0 Å². The SMILES string of the molecule is CC1CCCC(CN)N1C(=O)Nc1cc(Cl)ccc1Cl. The molecule has 6 heteroatoms. The van der Waals surface area contributed by atoms with E-state index < -0.39 is 0 Å². The van der Waals surface area contributed by atoms with Gasteiger partial charge in [0.2, 0.25) is 0 Å². The molecule has 0 bridgehead atoms. The number of nitrogens with zero attached hydrogens (tertiary/aromatic N) is 1. The molecule has 0 aliphatic carbocycles. The average Bonchev–Trinajstić information content (AvgIpc) is 2.42. The van der Waals surface area contributed by atoms with Gasteiger partial charge in [-0.2, -0.15) is 0 Å². The number of rotatable bonds is 2. The van der Waals surface area contributed by atoms with Crippen LogP contribution < -0.4 is 11.1 Å². The molecule has 0 spiro atoms. The molecular formula is C14H19Cl2N3O. The van der Waals surface area contributed by atoms with Crippen LogP contribution in [0.4, 0.5) is 10.5 Å². The molecule has 2 atom stereocenters. The van der Waals surface area contributed by atoms with Crippen LogP contribution in [0.3, 0.4) is 0 Å². The Balaban J connectivity index is 2.15. The van der Waals surface area contributed by atoms with Crippen molar-refractivity contribution in [2.45, 2.75) is 38.3 Å². The fourth-order valence-electron chi connectivity index (χ4n) is 2.66. The molecule has 1 fully saturated rings. The lowest BCUT2D eigenvalue weighted by Gasteiger charge is -2.40. The highest BCUT2D eigenvalue weighted by atomic mass is 35.5. The van der Waals surface area contributed by atoms with Gasteiger partial charge in [-0.1, -0.05) is 23.2 Å². The summed E-state index contributed by atoms with van der Waals surface area (Å²) in [7, 11) is 0. The van der Waals surface area contributed by atoms with Crippen LogP contribution in [-0.2, 0) is 0 Å². The van der Waals surface area contributed by atoms with Gasteiger partial charge < -0.3 is 16.0 Å². The number of hydrogen-bond acceptors (Lipinski definition) is 2. The molecule has 1 heterocycles. The Kier molecular flexibility index (Phi) is 5.13. The number of benzene rings is 1. The molecule has 0 radical (unpaired) electrons. The summed E-state index contributed by atoms with van der Waals surface area (Å²) in [4.78, 5) is 14.3. The van der Waals surface area contributed by atoms with E-state index in [0.717, 1.165) is 19.3 Å². The van der Waals surface area contributed by atoms with Crippen LogP contribution in [0.2, 0.25) is 10.0 Å². The van der Waals surface area contributed by atoms with E-state index in [1.807, 2.05) is 11.8 Å². The third-order valence-electron chi connectivity index (χ3n) is 3.70. The van der Waals surface area contributed by atoms with Crippen molar-refractivity contribution in [3.63, 3.8) is 0 Å². The maximum atomic E-state index is 12.5. The van der Waals surface area contributed by atoms with Gasteiger partial charge in [0.25, 0.3) is 0 Å². The molecule has 2 unspecified atom stereocenters. The lowest BCUT2D eigenvalue weighted by atomic mass is 9.97. The molecule has 1 aromatic rings. The van der Waals surface area contributed by atoms with Crippen LogP contribution in [0.5, 0.6) is 0 Å². The van der Waals surface area contributed by atoms with Gasteiger partial charge in [-0.25, -0.2) is 4.79 Å². The van der Waals surface area contributed by atoms with E-state index in [0.29, 0.717) is 22.3 Å². The number of amides is 2. The zero-order valence-corrected chi connectivity index (χ0v) is 12.9. The molecule has 0 aromatic heterocycles. The van der Waals surface area contributed by atoms with Gasteiger partial charge in [-0.05, 0) is 44.4 Å². The second-order valence-corrected chi connectivity index (χ2v) is 5.97. The van der Waals surface area contributed by atoms with Crippen molar-refractivity contribution >= 4 is 34.9 Å². The lowest BCUT2D eigenvalue weighted by Crippen LogP contribution is -2.53. The summed E-state index contributed by atoms with van der Waals surface area (Å²) in [6.07, 6.45) is 3.04. The minimum absolute atomic E-state index is 0.0803. The number of carbonyl (C=O) groups excluding carboxylic acids is 1. The first kappa shape index (κ1) is 15.4. The summed E-state index contributed by atoms with van der Waals surface area (Å²) >= 11 is 12.0. The quantitative estimate of drug-likeness (QED) is 0.873. The van der Waals surface area contributed by atoms with Gasteiger partial charge in [0.05, 0.1) is 10.7 Å². The number of halogens is 2. The highest BCUT2D eigenvalue weighted by Crippen LogP contribution is 2.28. The average molecular weight is 316 g/mol. The van der Waals surface area contributed by atoms with Gasteiger partial charge in [-0.3, -0.25) is 0 Å². The van der Waals surface area contributed by atoms with Crippen LogP contribution in [0.1, 0.15) is 26.2 Å². The van der Waals surface area contributed by atoms with Crippen molar-refractivity contribution in [1.29, 1.82) is 0 Å². The van der Waals surface area contributed by atoms with Gasteiger partial charge in [0.1, 0.15) is 0 Å².